The van der Waals surface area contributed by atoms with Gasteiger partial charge >= 0.3 is 0 Å². The molecule has 0 saturated heterocycles. The number of hydrogen-bond donors (Lipinski definition) is 1. The monoisotopic (exact) mass is 274 g/mol. The van der Waals surface area contributed by atoms with Crippen molar-refractivity contribution in [2.45, 2.75) is 23.9 Å². The highest BCUT2D eigenvalue weighted by Gasteiger charge is 2.40. The summed E-state index contributed by atoms with van der Waals surface area (Å²) in [6.07, 6.45) is 0. The van der Waals surface area contributed by atoms with Gasteiger partial charge in [-0.15, -0.1) is 0 Å². The van der Waals surface area contributed by atoms with Gasteiger partial charge in [-0.05, 0) is 41.9 Å². The van der Waals surface area contributed by atoms with Crippen LogP contribution < -0.4 is 10.2 Å². The number of halogens is 2. The predicted octanol–water partition coefficient (Wildman–Crippen LogP) is 3.57. The van der Waals surface area contributed by atoms with E-state index >= 15 is 0 Å². The molecule has 2 nitrogen and oxygen atoms in total. The fourth-order valence-corrected chi connectivity index (χ4v) is 2.97. The van der Waals surface area contributed by atoms with Crippen LogP contribution in [0.15, 0.2) is 24.3 Å². The summed E-state index contributed by atoms with van der Waals surface area (Å²) >= 11 is 9.80. The summed E-state index contributed by atoms with van der Waals surface area (Å²) in [7, 11) is 0. The highest BCUT2D eigenvalue weighted by Crippen LogP contribution is 2.46. The lowest BCUT2D eigenvalue weighted by Gasteiger charge is -2.32. The maximum atomic E-state index is 6.33. The Labute approximate surface area is 97.4 Å². The highest BCUT2D eigenvalue weighted by molar-refractivity contribution is 9.10. The van der Waals surface area contributed by atoms with E-state index in [-0.39, 0.29) is 0 Å². The normalized spacial score (nSPS) is 25.1. The van der Waals surface area contributed by atoms with Crippen molar-refractivity contribution < 1.29 is 0 Å². The first-order chi connectivity index (χ1) is 6.52. The molecule has 0 amide bonds. The van der Waals surface area contributed by atoms with Crippen LogP contribution in [0.5, 0.6) is 0 Å². The third kappa shape index (κ3) is 1.48. The van der Waals surface area contributed by atoms with Gasteiger partial charge in [-0.3, -0.25) is 0 Å². The van der Waals surface area contributed by atoms with Gasteiger partial charge in [0.05, 0.1) is 11.4 Å². The third-order valence-corrected chi connectivity index (χ3v) is 3.12. The number of nitrogens with zero attached hydrogens (tertiary/aromatic N) is 1. The molecule has 1 N–H and O–H groups in total. The zero-order chi connectivity index (χ0) is 10.3. The summed E-state index contributed by atoms with van der Waals surface area (Å²) in [4.78, 5) is 2.10. The van der Waals surface area contributed by atoms with Gasteiger partial charge in [-0.25, -0.2) is 0 Å². The summed E-state index contributed by atoms with van der Waals surface area (Å²) in [6, 6.07) is 8.43. The Morgan fingerprint density at radius 3 is 2.71 bits per heavy atom. The van der Waals surface area contributed by atoms with Crippen LogP contribution >= 0.6 is 27.5 Å². The minimum atomic E-state index is -0.690. The zero-order valence-electron chi connectivity index (χ0n) is 8.09. The number of anilines is 2. The van der Waals surface area contributed by atoms with Gasteiger partial charge in [0.1, 0.15) is 0 Å². The van der Waals surface area contributed by atoms with Crippen molar-refractivity contribution in [3.05, 3.63) is 24.3 Å². The fraction of sp³-hybridized carbons (Fsp3) is 0.400. The molecule has 1 heterocycles. The Balaban J connectivity index is 2.48. The molecule has 0 aromatic heterocycles. The van der Waals surface area contributed by atoms with Crippen LogP contribution in [0.1, 0.15) is 13.8 Å². The molecular weight excluding hydrogens is 263 g/mol. The number of rotatable bonds is 1. The molecule has 1 aromatic carbocycles. The van der Waals surface area contributed by atoms with Crippen LogP contribution in [0, 0.1) is 0 Å². The number of para-hydroxylation sites is 2. The van der Waals surface area contributed by atoms with Crippen LogP contribution in [-0.2, 0) is 0 Å². The largest absolute Gasteiger partial charge is 0.339 e. The lowest BCUT2D eigenvalue weighted by Crippen LogP contribution is -2.44. The summed E-state index contributed by atoms with van der Waals surface area (Å²) in [5.41, 5.74) is 2.20. The van der Waals surface area contributed by atoms with E-state index in [9.17, 15) is 0 Å². The highest BCUT2D eigenvalue weighted by atomic mass is 79.9. The molecule has 0 aliphatic carbocycles. The van der Waals surface area contributed by atoms with Gasteiger partial charge in [-0.1, -0.05) is 23.7 Å². The first-order valence-corrected chi connectivity index (χ1v) is 5.74. The van der Waals surface area contributed by atoms with Crippen LogP contribution in [0.2, 0.25) is 0 Å². The van der Waals surface area contributed by atoms with Crippen molar-refractivity contribution in [2.75, 3.05) is 10.2 Å². The molecule has 76 valence electrons. The van der Waals surface area contributed by atoms with Crippen molar-refractivity contribution in [1.29, 1.82) is 0 Å². The quantitative estimate of drug-likeness (QED) is 0.622. The first kappa shape index (κ1) is 10.1. The Kier molecular flexibility index (Phi) is 2.40. The van der Waals surface area contributed by atoms with E-state index < -0.39 is 4.03 Å². The molecule has 0 spiro atoms. The fourth-order valence-electron chi connectivity index (χ4n) is 1.77. The zero-order valence-corrected chi connectivity index (χ0v) is 10.4. The van der Waals surface area contributed by atoms with Crippen LogP contribution in [0.4, 0.5) is 11.4 Å². The molecule has 0 saturated carbocycles. The van der Waals surface area contributed by atoms with E-state index in [1.165, 1.54) is 0 Å². The van der Waals surface area contributed by atoms with Gasteiger partial charge in [0, 0.05) is 6.04 Å². The van der Waals surface area contributed by atoms with Gasteiger partial charge in [0.2, 0.25) is 4.03 Å². The lowest BCUT2D eigenvalue weighted by atomic mass is 10.2. The van der Waals surface area contributed by atoms with Gasteiger partial charge in [0.15, 0.2) is 0 Å². The maximum Gasteiger partial charge on any atom is 0.247 e. The number of nitrogens with one attached hydrogen (secondary N) is 1. The lowest BCUT2D eigenvalue weighted by molar-refractivity contribution is 0.682. The first-order valence-electron chi connectivity index (χ1n) is 4.57. The Hall–Kier alpha value is -0.410. The third-order valence-electron chi connectivity index (χ3n) is 2.27. The second kappa shape index (κ2) is 3.31. The maximum absolute atomic E-state index is 6.33. The van der Waals surface area contributed by atoms with Crippen LogP contribution in [0.25, 0.3) is 0 Å². The van der Waals surface area contributed by atoms with Gasteiger partial charge < -0.3 is 10.2 Å². The number of fused-ring (bicyclic) bond motifs is 1. The smallest absolute Gasteiger partial charge is 0.247 e. The Bertz CT molecular complexity index is 352. The van der Waals surface area contributed by atoms with Crippen molar-refractivity contribution >= 4 is 38.9 Å². The molecule has 0 fully saturated rings. The second-order valence-corrected chi connectivity index (χ2v) is 5.80. The summed E-state index contributed by atoms with van der Waals surface area (Å²) in [5.74, 6) is 0. The van der Waals surface area contributed by atoms with E-state index in [4.69, 9.17) is 11.6 Å². The average Bonchev–Trinajstić information content (AvgIpc) is 2.33. The Morgan fingerprint density at radius 2 is 2.07 bits per heavy atom. The number of hydrogen-bond acceptors (Lipinski definition) is 2. The molecule has 14 heavy (non-hydrogen) atoms. The molecule has 2 rings (SSSR count). The molecular formula is C10H12BrClN2. The summed E-state index contributed by atoms with van der Waals surface area (Å²) < 4.78 is -0.690. The van der Waals surface area contributed by atoms with E-state index in [0.29, 0.717) is 6.04 Å². The van der Waals surface area contributed by atoms with Gasteiger partial charge in [0.25, 0.3) is 0 Å². The molecule has 0 radical (unpaired) electrons. The van der Waals surface area contributed by atoms with E-state index in [1.807, 2.05) is 18.2 Å². The standard InChI is InChI=1S/C10H12BrClN2/c1-7(2)14-9-6-4-3-5-8(9)13-10(14,11)12/h3-7,13H,1-2H3. The van der Waals surface area contributed by atoms with E-state index in [0.717, 1.165) is 11.4 Å². The minimum absolute atomic E-state index is 0.336. The molecule has 4 heteroatoms. The van der Waals surface area contributed by atoms with E-state index in [2.05, 4.69) is 46.1 Å². The molecule has 1 atom stereocenters. The van der Waals surface area contributed by atoms with Crippen molar-refractivity contribution in [3.8, 4) is 0 Å². The van der Waals surface area contributed by atoms with Crippen LogP contribution in [-0.4, -0.2) is 10.1 Å². The minimum Gasteiger partial charge on any atom is -0.339 e. The van der Waals surface area contributed by atoms with Crippen molar-refractivity contribution in [2.24, 2.45) is 0 Å². The predicted molar refractivity (Wildman–Crippen MR) is 65.2 cm³/mol. The summed E-state index contributed by atoms with van der Waals surface area (Å²) in [5, 5.41) is 3.21. The molecule has 1 unspecified atom stereocenters. The number of benzene rings is 1. The second-order valence-electron chi connectivity index (χ2n) is 3.65. The van der Waals surface area contributed by atoms with Crippen molar-refractivity contribution in [1.82, 2.24) is 0 Å². The van der Waals surface area contributed by atoms with Crippen molar-refractivity contribution in [3.63, 3.8) is 0 Å². The molecule has 1 aliphatic rings. The topological polar surface area (TPSA) is 15.3 Å². The Morgan fingerprint density at radius 1 is 1.43 bits per heavy atom. The molecule has 0 bridgehead atoms. The van der Waals surface area contributed by atoms with Gasteiger partial charge in [-0.2, -0.15) is 0 Å². The summed E-state index contributed by atoms with van der Waals surface area (Å²) in [6.45, 7) is 4.23. The van der Waals surface area contributed by atoms with Crippen LogP contribution in [0.3, 0.4) is 0 Å². The number of alkyl halides is 2. The molecule has 1 aliphatic heterocycles. The van der Waals surface area contributed by atoms with E-state index in [1.54, 1.807) is 0 Å². The molecule has 1 aromatic rings. The SMILES string of the molecule is CC(C)N1c2ccccc2NC1(Cl)Br. The average molecular weight is 276 g/mol.